The van der Waals surface area contributed by atoms with Crippen molar-refractivity contribution in [3.63, 3.8) is 0 Å². The highest BCUT2D eigenvalue weighted by Crippen LogP contribution is 2.17. The van der Waals surface area contributed by atoms with Crippen molar-refractivity contribution in [2.45, 2.75) is 33.9 Å². The highest BCUT2D eigenvalue weighted by molar-refractivity contribution is 5.94. The van der Waals surface area contributed by atoms with E-state index in [0.29, 0.717) is 5.56 Å². The molecule has 1 heterocycles. The molecule has 2 rings (SSSR count). The molecule has 0 radical (unpaired) electrons. The second-order valence-corrected chi connectivity index (χ2v) is 5.15. The van der Waals surface area contributed by atoms with E-state index < -0.39 is 0 Å². The summed E-state index contributed by atoms with van der Waals surface area (Å²) in [4.78, 5) is 11.5. The van der Waals surface area contributed by atoms with Crippen molar-refractivity contribution in [2.24, 2.45) is 0 Å². The number of nitrogens with one attached hydrogen (secondary N) is 2. The zero-order valence-electron chi connectivity index (χ0n) is 13.2. The molecule has 0 saturated heterocycles. The number of hydrogen-bond donors (Lipinski definition) is 2. The third-order valence-electron chi connectivity index (χ3n) is 3.85. The maximum Gasteiger partial charge on any atom is 0.251 e. The summed E-state index contributed by atoms with van der Waals surface area (Å²) in [7, 11) is 1.64. The Labute approximate surface area is 126 Å². The van der Waals surface area contributed by atoms with Crippen LogP contribution in [0.15, 0.2) is 30.3 Å². The first-order chi connectivity index (χ1) is 10.1. The number of carbonyl (C=O) groups is 1. The molecule has 2 aromatic rings. The lowest BCUT2D eigenvalue weighted by molar-refractivity contribution is 0.0963. The van der Waals surface area contributed by atoms with E-state index in [0.717, 1.165) is 18.8 Å². The molecule has 0 aliphatic rings. The standard InChI is InChI=1S/C17H23N3O/c1-5-20-12(2)10-15(13(20)3)11-19-16-8-6-14(7-9-16)17(21)18-4/h6-10,19H,5,11H2,1-4H3,(H,18,21). The minimum atomic E-state index is -0.0620. The molecule has 0 aliphatic heterocycles. The molecule has 1 amide bonds. The van der Waals surface area contributed by atoms with Crippen molar-refractivity contribution in [1.82, 2.24) is 9.88 Å². The van der Waals surface area contributed by atoms with E-state index in [2.05, 4.69) is 42.0 Å². The third kappa shape index (κ3) is 3.27. The molecule has 0 unspecified atom stereocenters. The molecular formula is C17H23N3O. The topological polar surface area (TPSA) is 46.1 Å². The summed E-state index contributed by atoms with van der Waals surface area (Å²) in [6, 6.07) is 9.75. The smallest absolute Gasteiger partial charge is 0.251 e. The van der Waals surface area contributed by atoms with Crippen LogP contribution in [0.3, 0.4) is 0 Å². The highest BCUT2D eigenvalue weighted by atomic mass is 16.1. The number of anilines is 1. The van der Waals surface area contributed by atoms with Gasteiger partial charge in [0.15, 0.2) is 0 Å². The van der Waals surface area contributed by atoms with Crippen LogP contribution in [0.5, 0.6) is 0 Å². The summed E-state index contributed by atoms with van der Waals surface area (Å²) in [5, 5.41) is 6.02. The maximum absolute atomic E-state index is 11.5. The van der Waals surface area contributed by atoms with E-state index in [4.69, 9.17) is 0 Å². The Hall–Kier alpha value is -2.23. The number of nitrogens with zero attached hydrogens (tertiary/aromatic N) is 1. The Balaban J connectivity index is 2.05. The predicted molar refractivity (Wildman–Crippen MR) is 86.7 cm³/mol. The van der Waals surface area contributed by atoms with Crippen molar-refractivity contribution < 1.29 is 4.79 Å². The van der Waals surface area contributed by atoms with E-state index in [9.17, 15) is 4.79 Å². The van der Waals surface area contributed by atoms with Gasteiger partial charge in [0.25, 0.3) is 5.91 Å². The molecular weight excluding hydrogens is 262 g/mol. The van der Waals surface area contributed by atoms with Gasteiger partial charge in [-0.2, -0.15) is 0 Å². The fraction of sp³-hybridized carbons (Fsp3) is 0.353. The molecule has 0 aliphatic carbocycles. The lowest BCUT2D eigenvalue weighted by atomic mass is 10.2. The van der Waals surface area contributed by atoms with Crippen LogP contribution in [0, 0.1) is 13.8 Å². The van der Waals surface area contributed by atoms with Crippen molar-refractivity contribution >= 4 is 11.6 Å². The summed E-state index contributed by atoms with van der Waals surface area (Å²) in [6.45, 7) is 8.24. The van der Waals surface area contributed by atoms with Gasteiger partial charge in [0.2, 0.25) is 0 Å². The molecule has 1 aromatic heterocycles. The fourth-order valence-electron chi connectivity index (χ4n) is 2.62. The summed E-state index contributed by atoms with van der Waals surface area (Å²) in [6.07, 6.45) is 0. The number of benzene rings is 1. The largest absolute Gasteiger partial charge is 0.381 e. The molecule has 112 valence electrons. The monoisotopic (exact) mass is 285 g/mol. The molecule has 0 bridgehead atoms. The van der Waals surface area contributed by atoms with Crippen LogP contribution < -0.4 is 10.6 Å². The first-order valence-electron chi connectivity index (χ1n) is 7.28. The Morgan fingerprint density at radius 2 is 1.86 bits per heavy atom. The molecule has 21 heavy (non-hydrogen) atoms. The van der Waals surface area contributed by atoms with Crippen LogP contribution in [0.25, 0.3) is 0 Å². The van der Waals surface area contributed by atoms with E-state index >= 15 is 0 Å². The highest BCUT2D eigenvalue weighted by Gasteiger charge is 2.07. The minimum absolute atomic E-state index is 0.0620. The van der Waals surface area contributed by atoms with Crippen LogP contribution in [-0.2, 0) is 13.1 Å². The Kier molecular flexibility index (Phi) is 4.68. The summed E-state index contributed by atoms with van der Waals surface area (Å²) < 4.78 is 2.31. The number of aryl methyl sites for hydroxylation is 1. The average Bonchev–Trinajstić information content (AvgIpc) is 2.78. The fourth-order valence-corrected chi connectivity index (χ4v) is 2.62. The number of aromatic nitrogens is 1. The van der Waals surface area contributed by atoms with Gasteiger partial charge in [-0.05, 0) is 56.7 Å². The van der Waals surface area contributed by atoms with Crippen LogP contribution in [0.2, 0.25) is 0 Å². The second kappa shape index (κ2) is 6.48. The Bertz CT molecular complexity index is 626. The minimum Gasteiger partial charge on any atom is -0.381 e. The lowest BCUT2D eigenvalue weighted by Gasteiger charge is -2.09. The van der Waals surface area contributed by atoms with Crippen LogP contribution in [0.4, 0.5) is 5.69 Å². The van der Waals surface area contributed by atoms with Gasteiger partial charge in [-0.3, -0.25) is 4.79 Å². The van der Waals surface area contributed by atoms with Crippen molar-refractivity contribution in [3.8, 4) is 0 Å². The molecule has 0 saturated carbocycles. The van der Waals surface area contributed by atoms with Gasteiger partial charge in [-0.15, -0.1) is 0 Å². The third-order valence-corrected chi connectivity index (χ3v) is 3.85. The van der Waals surface area contributed by atoms with Crippen LogP contribution in [-0.4, -0.2) is 17.5 Å². The molecule has 4 nitrogen and oxygen atoms in total. The number of carbonyl (C=O) groups excluding carboxylic acids is 1. The van der Waals surface area contributed by atoms with Gasteiger partial charge in [0.05, 0.1) is 0 Å². The molecule has 2 N–H and O–H groups in total. The average molecular weight is 285 g/mol. The van der Waals surface area contributed by atoms with Gasteiger partial charge in [-0.25, -0.2) is 0 Å². The molecule has 0 atom stereocenters. The molecule has 0 fully saturated rings. The first kappa shape index (κ1) is 15.2. The predicted octanol–water partition coefficient (Wildman–Crippen LogP) is 3.10. The van der Waals surface area contributed by atoms with Gasteiger partial charge in [0.1, 0.15) is 0 Å². The molecule has 4 heteroatoms. The first-order valence-corrected chi connectivity index (χ1v) is 7.28. The molecule has 1 aromatic carbocycles. The van der Waals surface area contributed by atoms with Gasteiger partial charge < -0.3 is 15.2 Å². The van der Waals surface area contributed by atoms with E-state index in [1.54, 1.807) is 7.05 Å². The van der Waals surface area contributed by atoms with E-state index in [1.165, 1.54) is 17.0 Å². The van der Waals surface area contributed by atoms with Gasteiger partial charge in [-0.1, -0.05) is 0 Å². The summed E-state index contributed by atoms with van der Waals surface area (Å²) in [5.41, 5.74) is 5.60. The van der Waals surface area contributed by atoms with Gasteiger partial charge in [0, 0.05) is 42.8 Å². The van der Waals surface area contributed by atoms with Gasteiger partial charge >= 0.3 is 0 Å². The number of rotatable bonds is 5. The zero-order chi connectivity index (χ0) is 15.4. The van der Waals surface area contributed by atoms with Crippen molar-refractivity contribution in [1.29, 1.82) is 0 Å². The summed E-state index contributed by atoms with van der Waals surface area (Å²) >= 11 is 0. The zero-order valence-corrected chi connectivity index (χ0v) is 13.2. The van der Waals surface area contributed by atoms with Crippen LogP contribution in [0.1, 0.15) is 34.2 Å². The quantitative estimate of drug-likeness (QED) is 0.886. The van der Waals surface area contributed by atoms with E-state index in [1.807, 2.05) is 24.3 Å². The SMILES string of the molecule is CCn1c(C)cc(CNc2ccc(C(=O)NC)cc2)c1C. The van der Waals surface area contributed by atoms with Crippen molar-refractivity contribution in [3.05, 3.63) is 52.8 Å². The number of hydrogen-bond acceptors (Lipinski definition) is 2. The van der Waals surface area contributed by atoms with Crippen molar-refractivity contribution in [2.75, 3.05) is 12.4 Å². The number of amides is 1. The summed E-state index contributed by atoms with van der Waals surface area (Å²) in [5.74, 6) is -0.0620. The Morgan fingerprint density at radius 1 is 1.19 bits per heavy atom. The van der Waals surface area contributed by atoms with E-state index in [-0.39, 0.29) is 5.91 Å². The Morgan fingerprint density at radius 3 is 2.38 bits per heavy atom. The molecule has 0 spiro atoms. The second-order valence-electron chi connectivity index (χ2n) is 5.15. The maximum atomic E-state index is 11.5. The normalized spacial score (nSPS) is 10.5. The van der Waals surface area contributed by atoms with Crippen LogP contribution >= 0.6 is 0 Å². The lowest BCUT2D eigenvalue weighted by Crippen LogP contribution is -2.17.